The predicted molar refractivity (Wildman–Crippen MR) is 90.6 cm³/mol. The van der Waals surface area contributed by atoms with Gasteiger partial charge in [-0.1, -0.05) is 25.1 Å². The number of anilines is 2. The van der Waals surface area contributed by atoms with Crippen molar-refractivity contribution in [3.8, 4) is 5.75 Å². The SMILES string of the molecule is CCc1ccccc1OCC(=O)Nc1ccc(F)c(NC(C)=O)c1. The summed E-state index contributed by atoms with van der Waals surface area (Å²) in [6.07, 6.45) is 0.801. The maximum Gasteiger partial charge on any atom is 0.262 e. The molecule has 5 nitrogen and oxygen atoms in total. The normalized spacial score (nSPS) is 10.1. The van der Waals surface area contributed by atoms with Crippen LogP contribution >= 0.6 is 0 Å². The number of rotatable bonds is 6. The fraction of sp³-hybridized carbons (Fsp3) is 0.222. The van der Waals surface area contributed by atoms with Crippen LogP contribution in [0, 0.1) is 5.82 Å². The Morgan fingerprint density at radius 1 is 1.12 bits per heavy atom. The smallest absolute Gasteiger partial charge is 0.262 e. The maximum atomic E-state index is 13.6. The summed E-state index contributed by atoms with van der Waals surface area (Å²) in [5.41, 5.74) is 1.40. The zero-order chi connectivity index (χ0) is 17.5. The Balaban J connectivity index is 1.98. The van der Waals surface area contributed by atoms with Crippen molar-refractivity contribution in [2.24, 2.45) is 0 Å². The van der Waals surface area contributed by atoms with Crippen LogP contribution in [0.5, 0.6) is 5.75 Å². The molecule has 2 amide bonds. The zero-order valence-electron chi connectivity index (χ0n) is 13.6. The number of hydrogen-bond donors (Lipinski definition) is 2. The second kappa shape index (κ2) is 8.10. The molecule has 0 spiro atoms. The van der Waals surface area contributed by atoms with E-state index >= 15 is 0 Å². The van der Waals surface area contributed by atoms with Gasteiger partial charge >= 0.3 is 0 Å². The van der Waals surface area contributed by atoms with E-state index < -0.39 is 11.7 Å². The average molecular weight is 330 g/mol. The number of benzene rings is 2. The molecule has 0 radical (unpaired) electrons. The highest BCUT2D eigenvalue weighted by molar-refractivity contribution is 5.94. The number of hydrogen-bond acceptors (Lipinski definition) is 3. The lowest BCUT2D eigenvalue weighted by Crippen LogP contribution is -2.20. The van der Waals surface area contributed by atoms with Gasteiger partial charge in [0, 0.05) is 12.6 Å². The van der Waals surface area contributed by atoms with Gasteiger partial charge in [-0.2, -0.15) is 0 Å². The highest BCUT2D eigenvalue weighted by Crippen LogP contribution is 2.20. The molecule has 0 heterocycles. The second-order valence-electron chi connectivity index (χ2n) is 5.17. The molecule has 0 aliphatic carbocycles. The number of amides is 2. The molecule has 0 saturated carbocycles. The van der Waals surface area contributed by atoms with Crippen LogP contribution < -0.4 is 15.4 Å². The Hall–Kier alpha value is -2.89. The van der Waals surface area contributed by atoms with Crippen LogP contribution in [0.25, 0.3) is 0 Å². The third-order valence-electron chi connectivity index (χ3n) is 3.27. The zero-order valence-corrected chi connectivity index (χ0v) is 13.6. The standard InChI is InChI=1S/C18H19FN2O3/c1-3-13-6-4-5-7-17(13)24-11-18(23)21-14-8-9-15(19)16(10-14)20-12(2)22/h4-10H,3,11H2,1-2H3,(H,20,22)(H,21,23). The van der Waals surface area contributed by atoms with Gasteiger partial charge in [0.25, 0.3) is 5.91 Å². The van der Waals surface area contributed by atoms with Crippen molar-refractivity contribution in [2.75, 3.05) is 17.2 Å². The van der Waals surface area contributed by atoms with Crippen molar-refractivity contribution in [2.45, 2.75) is 20.3 Å². The van der Waals surface area contributed by atoms with Crippen LogP contribution in [0.4, 0.5) is 15.8 Å². The molecule has 0 aromatic heterocycles. The number of carbonyl (C=O) groups excluding carboxylic acids is 2. The molecule has 126 valence electrons. The second-order valence-corrected chi connectivity index (χ2v) is 5.17. The number of ether oxygens (including phenoxy) is 1. The van der Waals surface area contributed by atoms with E-state index in [1.165, 1.54) is 25.1 Å². The van der Waals surface area contributed by atoms with E-state index in [1.54, 1.807) is 6.07 Å². The van der Waals surface area contributed by atoms with Gasteiger partial charge in [-0.25, -0.2) is 4.39 Å². The van der Waals surface area contributed by atoms with Crippen molar-refractivity contribution < 1.29 is 18.7 Å². The van der Waals surface area contributed by atoms with Gasteiger partial charge in [-0.3, -0.25) is 9.59 Å². The lowest BCUT2D eigenvalue weighted by Gasteiger charge is -2.11. The molecule has 2 aromatic carbocycles. The lowest BCUT2D eigenvalue weighted by molar-refractivity contribution is -0.118. The fourth-order valence-corrected chi connectivity index (χ4v) is 2.17. The maximum absolute atomic E-state index is 13.6. The van der Waals surface area contributed by atoms with E-state index in [9.17, 15) is 14.0 Å². The quantitative estimate of drug-likeness (QED) is 0.853. The van der Waals surface area contributed by atoms with Gasteiger partial charge in [0.15, 0.2) is 6.61 Å². The summed E-state index contributed by atoms with van der Waals surface area (Å²) in [5, 5.41) is 4.97. The van der Waals surface area contributed by atoms with E-state index in [0.717, 1.165) is 12.0 Å². The molecule has 0 atom stereocenters. The number of halogens is 1. The number of carbonyl (C=O) groups is 2. The molecule has 2 aromatic rings. The Morgan fingerprint density at radius 2 is 1.88 bits per heavy atom. The molecule has 0 unspecified atom stereocenters. The van der Waals surface area contributed by atoms with Gasteiger partial charge in [0.05, 0.1) is 5.69 Å². The molecule has 2 N–H and O–H groups in total. The Kier molecular flexibility index (Phi) is 5.89. The van der Waals surface area contributed by atoms with Gasteiger partial charge < -0.3 is 15.4 Å². The first kappa shape index (κ1) is 17.5. The number of aryl methyl sites for hydroxylation is 1. The number of nitrogens with one attached hydrogen (secondary N) is 2. The van der Waals surface area contributed by atoms with E-state index in [2.05, 4.69) is 10.6 Å². The Labute approximate surface area is 139 Å². The summed E-state index contributed by atoms with van der Waals surface area (Å²) in [6, 6.07) is 11.4. The molecule has 0 aliphatic heterocycles. The van der Waals surface area contributed by atoms with E-state index in [4.69, 9.17) is 4.74 Å². The van der Waals surface area contributed by atoms with Crippen molar-refractivity contribution in [3.05, 3.63) is 53.8 Å². The van der Waals surface area contributed by atoms with Crippen LogP contribution in [0.1, 0.15) is 19.4 Å². The Morgan fingerprint density at radius 3 is 2.58 bits per heavy atom. The summed E-state index contributed by atoms with van der Waals surface area (Å²) in [4.78, 5) is 23.0. The highest BCUT2D eigenvalue weighted by Gasteiger charge is 2.09. The molecule has 0 bridgehead atoms. The fourth-order valence-electron chi connectivity index (χ4n) is 2.17. The molecule has 0 saturated heterocycles. The molecular weight excluding hydrogens is 311 g/mol. The first-order chi connectivity index (χ1) is 11.5. The van der Waals surface area contributed by atoms with Gasteiger partial charge in [-0.05, 0) is 36.2 Å². The largest absolute Gasteiger partial charge is 0.483 e. The minimum absolute atomic E-state index is 0.0116. The summed E-state index contributed by atoms with van der Waals surface area (Å²) >= 11 is 0. The summed E-state index contributed by atoms with van der Waals surface area (Å²) < 4.78 is 19.1. The van der Waals surface area contributed by atoms with Crippen LogP contribution in [-0.4, -0.2) is 18.4 Å². The van der Waals surface area contributed by atoms with E-state index in [1.807, 2.05) is 25.1 Å². The number of para-hydroxylation sites is 1. The minimum atomic E-state index is -0.573. The van der Waals surface area contributed by atoms with Crippen molar-refractivity contribution in [3.63, 3.8) is 0 Å². The van der Waals surface area contributed by atoms with Crippen LogP contribution in [0.15, 0.2) is 42.5 Å². The monoisotopic (exact) mass is 330 g/mol. The predicted octanol–water partition coefficient (Wildman–Crippen LogP) is 3.36. The Bertz CT molecular complexity index is 747. The molecule has 6 heteroatoms. The van der Waals surface area contributed by atoms with E-state index in [-0.39, 0.29) is 18.2 Å². The van der Waals surface area contributed by atoms with Crippen molar-refractivity contribution in [1.82, 2.24) is 0 Å². The van der Waals surface area contributed by atoms with Crippen molar-refractivity contribution >= 4 is 23.2 Å². The topological polar surface area (TPSA) is 67.4 Å². The van der Waals surface area contributed by atoms with Crippen LogP contribution in [0.2, 0.25) is 0 Å². The summed E-state index contributed by atoms with van der Waals surface area (Å²) in [7, 11) is 0. The first-order valence-corrected chi connectivity index (χ1v) is 7.57. The summed E-state index contributed by atoms with van der Waals surface area (Å²) in [5.74, 6) is -0.678. The van der Waals surface area contributed by atoms with Gasteiger partial charge in [0.1, 0.15) is 11.6 Å². The first-order valence-electron chi connectivity index (χ1n) is 7.57. The minimum Gasteiger partial charge on any atom is -0.483 e. The molecule has 24 heavy (non-hydrogen) atoms. The van der Waals surface area contributed by atoms with E-state index in [0.29, 0.717) is 11.4 Å². The van der Waals surface area contributed by atoms with Gasteiger partial charge in [0.2, 0.25) is 5.91 Å². The van der Waals surface area contributed by atoms with Gasteiger partial charge in [-0.15, -0.1) is 0 Å². The van der Waals surface area contributed by atoms with Crippen LogP contribution in [-0.2, 0) is 16.0 Å². The van der Waals surface area contributed by atoms with Crippen molar-refractivity contribution in [1.29, 1.82) is 0 Å². The summed E-state index contributed by atoms with van der Waals surface area (Å²) in [6.45, 7) is 3.12. The third kappa shape index (κ3) is 4.81. The third-order valence-corrected chi connectivity index (χ3v) is 3.27. The average Bonchev–Trinajstić information content (AvgIpc) is 2.56. The highest BCUT2D eigenvalue weighted by atomic mass is 19.1. The lowest BCUT2D eigenvalue weighted by atomic mass is 10.1. The molecule has 2 rings (SSSR count). The molecule has 0 aliphatic rings. The molecular formula is C18H19FN2O3. The molecule has 0 fully saturated rings. The van der Waals surface area contributed by atoms with Crippen LogP contribution in [0.3, 0.4) is 0 Å².